The minimum atomic E-state index is -4.55. The van der Waals surface area contributed by atoms with Crippen LogP contribution in [0.2, 0.25) is 0 Å². The van der Waals surface area contributed by atoms with Crippen LogP contribution in [0, 0.1) is 6.92 Å². The number of hydrogen-bond acceptors (Lipinski definition) is 5. The van der Waals surface area contributed by atoms with Crippen LogP contribution in [0.25, 0.3) is 0 Å². The summed E-state index contributed by atoms with van der Waals surface area (Å²) in [6, 6.07) is 5.48. The van der Waals surface area contributed by atoms with Crippen molar-refractivity contribution in [1.29, 1.82) is 0 Å². The number of hydrogen-bond donors (Lipinski definition) is 1. The Morgan fingerprint density at radius 3 is 2.64 bits per heavy atom. The summed E-state index contributed by atoms with van der Waals surface area (Å²) in [4.78, 5) is 18.7. The molecule has 0 saturated carbocycles. The predicted octanol–water partition coefficient (Wildman–Crippen LogP) is 3.33. The number of aromatic nitrogens is 2. The summed E-state index contributed by atoms with van der Waals surface area (Å²) in [6.45, 7) is 1.72. The number of methoxy groups -OCH3 is 1. The van der Waals surface area contributed by atoms with Gasteiger partial charge in [-0.05, 0) is 30.7 Å². The van der Waals surface area contributed by atoms with Crippen molar-refractivity contribution in [3.05, 3.63) is 47.3 Å². The highest BCUT2D eigenvalue weighted by molar-refractivity contribution is 5.92. The van der Waals surface area contributed by atoms with Crippen molar-refractivity contribution in [2.45, 2.75) is 13.1 Å². The molecule has 0 aliphatic heterocycles. The maximum Gasteiger partial charge on any atom is 0.433 e. The average Bonchev–Trinajstić information content (AvgIpc) is 2.48. The molecule has 116 valence electrons. The second kappa shape index (κ2) is 6.00. The minimum Gasteiger partial charge on any atom is -0.465 e. The normalized spacial score (nSPS) is 11.1. The van der Waals surface area contributed by atoms with Crippen molar-refractivity contribution < 1.29 is 22.7 Å². The molecular weight excluding hydrogens is 299 g/mol. The zero-order chi connectivity index (χ0) is 16.3. The molecule has 1 aromatic carbocycles. The van der Waals surface area contributed by atoms with Crippen molar-refractivity contribution in [2.24, 2.45) is 0 Å². The maximum absolute atomic E-state index is 12.6. The third-order valence-electron chi connectivity index (χ3n) is 2.85. The van der Waals surface area contributed by atoms with Gasteiger partial charge in [-0.2, -0.15) is 13.2 Å². The number of alkyl halides is 3. The number of aryl methyl sites for hydroxylation is 1. The number of halogens is 3. The van der Waals surface area contributed by atoms with Crippen LogP contribution in [0.1, 0.15) is 21.6 Å². The van der Waals surface area contributed by atoms with E-state index < -0.39 is 17.8 Å². The van der Waals surface area contributed by atoms with Crippen LogP contribution in [0.3, 0.4) is 0 Å². The fourth-order valence-electron chi connectivity index (χ4n) is 1.74. The first-order chi connectivity index (χ1) is 10.3. The molecule has 1 heterocycles. The molecule has 0 radical (unpaired) electrons. The van der Waals surface area contributed by atoms with Crippen molar-refractivity contribution in [3.63, 3.8) is 0 Å². The van der Waals surface area contributed by atoms with Crippen molar-refractivity contribution in [3.8, 4) is 0 Å². The van der Waals surface area contributed by atoms with Gasteiger partial charge in [-0.25, -0.2) is 14.8 Å². The molecule has 0 saturated heterocycles. The van der Waals surface area contributed by atoms with Gasteiger partial charge in [0.1, 0.15) is 5.69 Å². The molecule has 2 rings (SSSR count). The molecule has 0 aliphatic rings. The zero-order valence-electron chi connectivity index (χ0n) is 11.7. The van der Waals surface area contributed by atoms with E-state index >= 15 is 0 Å². The number of esters is 1. The zero-order valence-corrected chi connectivity index (χ0v) is 11.7. The lowest BCUT2D eigenvalue weighted by atomic mass is 10.1. The van der Waals surface area contributed by atoms with Gasteiger partial charge in [-0.3, -0.25) is 0 Å². The summed E-state index contributed by atoms with van der Waals surface area (Å²) < 4.78 is 42.4. The summed E-state index contributed by atoms with van der Waals surface area (Å²) in [5.74, 6) is -0.749. The quantitative estimate of drug-likeness (QED) is 0.881. The van der Waals surface area contributed by atoms with Crippen molar-refractivity contribution >= 4 is 17.6 Å². The third-order valence-corrected chi connectivity index (χ3v) is 2.85. The maximum atomic E-state index is 12.6. The van der Waals surface area contributed by atoms with E-state index in [2.05, 4.69) is 20.0 Å². The van der Waals surface area contributed by atoms with E-state index in [4.69, 9.17) is 0 Å². The highest BCUT2D eigenvalue weighted by Gasteiger charge is 2.32. The molecule has 0 amide bonds. The largest absolute Gasteiger partial charge is 0.465 e. The number of anilines is 2. The second-order valence-electron chi connectivity index (χ2n) is 4.41. The van der Waals surface area contributed by atoms with Crippen LogP contribution >= 0.6 is 0 Å². The smallest absolute Gasteiger partial charge is 0.433 e. The number of ether oxygens (including phenoxy) is 1. The molecular formula is C14H12F3N3O2. The Morgan fingerprint density at radius 2 is 2.00 bits per heavy atom. The molecule has 0 spiro atoms. The van der Waals surface area contributed by atoms with Gasteiger partial charge >= 0.3 is 12.1 Å². The molecule has 5 nitrogen and oxygen atoms in total. The number of carbonyl (C=O) groups is 1. The molecule has 0 atom stereocenters. The van der Waals surface area contributed by atoms with Crippen LogP contribution in [0.5, 0.6) is 0 Å². The summed E-state index contributed by atoms with van der Waals surface area (Å²) >= 11 is 0. The number of carbonyl (C=O) groups excluding carboxylic acids is 1. The Balaban J connectivity index is 2.30. The highest BCUT2D eigenvalue weighted by atomic mass is 19.4. The number of nitrogens with one attached hydrogen (secondary N) is 1. The monoisotopic (exact) mass is 311 g/mol. The molecule has 0 unspecified atom stereocenters. The summed E-state index contributed by atoms with van der Waals surface area (Å²) in [6.07, 6.45) is -3.54. The molecule has 8 heteroatoms. The van der Waals surface area contributed by atoms with Crippen molar-refractivity contribution in [1.82, 2.24) is 9.97 Å². The van der Waals surface area contributed by atoms with E-state index in [1.54, 1.807) is 19.1 Å². The molecule has 0 bridgehead atoms. The van der Waals surface area contributed by atoms with Gasteiger partial charge in [0.05, 0.1) is 12.7 Å². The molecule has 22 heavy (non-hydrogen) atoms. The van der Waals surface area contributed by atoms with Crippen LogP contribution in [-0.4, -0.2) is 23.0 Å². The summed E-state index contributed by atoms with van der Waals surface area (Å²) in [7, 11) is 1.25. The third kappa shape index (κ3) is 3.51. The first-order valence-electron chi connectivity index (χ1n) is 6.17. The highest BCUT2D eigenvalue weighted by Crippen LogP contribution is 2.28. The molecule has 0 fully saturated rings. The number of rotatable bonds is 3. The van der Waals surface area contributed by atoms with Gasteiger partial charge < -0.3 is 10.1 Å². The Bertz CT molecular complexity index is 702. The van der Waals surface area contributed by atoms with Gasteiger partial charge in [-0.15, -0.1) is 0 Å². The molecule has 0 aliphatic carbocycles. The lowest BCUT2D eigenvalue weighted by Gasteiger charge is -2.10. The number of benzene rings is 1. The van der Waals surface area contributed by atoms with E-state index in [1.165, 1.54) is 13.2 Å². The van der Waals surface area contributed by atoms with Crippen molar-refractivity contribution in [2.75, 3.05) is 12.4 Å². The summed E-state index contributed by atoms with van der Waals surface area (Å²) in [5, 5.41) is 2.63. The van der Waals surface area contributed by atoms with Gasteiger partial charge in [0.25, 0.3) is 0 Å². The lowest BCUT2D eigenvalue weighted by Crippen LogP contribution is -2.10. The fourth-order valence-corrected chi connectivity index (χ4v) is 1.74. The van der Waals surface area contributed by atoms with E-state index in [1.807, 2.05) is 0 Å². The Labute approximate surface area is 124 Å². The van der Waals surface area contributed by atoms with E-state index in [-0.39, 0.29) is 5.95 Å². The number of nitrogens with zero attached hydrogens (tertiary/aromatic N) is 2. The molecule has 1 aromatic heterocycles. The second-order valence-corrected chi connectivity index (χ2v) is 4.41. The SMILES string of the molecule is COC(=O)c1cc(Nc2nccc(C(F)(F)F)n2)ccc1C. The lowest BCUT2D eigenvalue weighted by molar-refractivity contribution is -0.141. The van der Waals surface area contributed by atoms with E-state index in [0.29, 0.717) is 16.8 Å². The van der Waals surface area contributed by atoms with Crippen LogP contribution in [0.4, 0.5) is 24.8 Å². The molecule has 1 N–H and O–H groups in total. The Hall–Kier alpha value is -2.64. The van der Waals surface area contributed by atoms with Crippen LogP contribution in [-0.2, 0) is 10.9 Å². The first-order valence-corrected chi connectivity index (χ1v) is 6.17. The standard InChI is InChI=1S/C14H12F3N3O2/c1-8-3-4-9(7-10(8)12(21)22-2)19-13-18-6-5-11(20-13)14(15,16)17/h3-7H,1-2H3,(H,18,19,20). The van der Waals surface area contributed by atoms with Gasteiger partial charge in [0, 0.05) is 11.9 Å². The van der Waals surface area contributed by atoms with E-state index in [0.717, 1.165) is 12.3 Å². The van der Waals surface area contributed by atoms with E-state index in [9.17, 15) is 18.0 Å². The van der Waals surface area contributed by atoms with Crippen LogP contribution in [0.15, 0.2) is 30.5 Å². The topological polar surface area (TPSA) is 64.1 Å². The Morgan fingerprint density at radius 1 is 1.27 bits per heavy atom. The minimum absolute atomic E-state index is 0.213. The predicted molar refractivity (Wildman–Crippen MR) is 72.8 cm³/mol. The molecule has 2 aromatic rings. The first kappa shape index (κ1) is 15.7. The average molecular weight is 311 g/mol. The summed E-state index contributed by atoms with van der Waals surface area (Å²) in [5.41, 5.74) is 0.317. The Kier molecular flexibility index (Phi) is 4.30. The fraction of sp³-hybridized carbons (Fsp3) is 0.214. The van der Waals surface area contributed by atoms with Gasteiger partial charge in [0.15, 0.2) is 0 Å². The van der Waals surface area contributed by atoms with Crippen LogP contribution < -0.4 is 5.32 Å². The van der Waals surface area contributed by atoms with Gasteiger partial charge in [0.2, 0.25) is 5.95 Å². The van der Waals surface area contributed by atoms with Gasteiger partial charge in [-0.1, -0.05) is 6.07 Å².